The molecule has 2 aliphatic heterocycles. The van der Waals surface area contributed by atoms with Crippen LogP contribution in [0.25, 0.3) is 0 Å². The highest BCUT2D eigenvalue weighted by atomic mass is 16.5. The van der Waals surface area contributed by atoms with Gasteiger partial charge in [0.2, 0.25) is 5.82 Å². The molecule has 37 heavy (non-hydrogen) atoms. The number of carboxylic acids is 1. The molecular formula is C29H40N4O4. The van der Waals surface area contributed by atoms with Crippen LogP contribution in [0.1, 0.15) is 104 Å². The summed E-state index contributed by atoms with van der Waals surface area (Å²) in [6, 6.07) is 8.09. The summed E-state index contributed by atoms with van der Waals surface area (Å²) in [5.41, 5.74) is 2.24. The number of nitrogens with one attached hydrogen (secondary N) is 2. The molecule has 1 aromatic heterocycles. The number of aromatic amines is 1. The van der Waals surface area contributed by atoms with Crippen molar-refractivity contribution >= 4 is 11.9 Å². The number of hydrogen-bond acceptors (Lipinski definition) is 5. The molecule has 2 bridgehead atoms. The number of nitrogens with zero attached hydrogens (tertiary/aromatic N) is 2. The van der Waals surface area contributed by atoms with Crippen LogP contribution in [-0.4, -0.2) is 50.9 Å². The second-order valence-electron chi connectivity index (χ2n) is 11.1. The maximum atomic E-state index is 12.7. The van der Waals surface area contributed by atoms with Crippen molar-refractivity contribution in [2.75, 3.05) is 6.54 Å². The first kappa shape index (κ1) is 25.9. The van der Waals surface area contributed by atoms with E-state index in [-0.39, 0.29) is 42.2 Å². The number of aliphatic carboxylic acids is 1. The number of aromatic nitrogens is 3. The van der Waals surface area contributed by atoms with Gasteiger partial charge in [0, 0.05) is 18.9 Å². The number of H-pyrrole nitrogens is 1. The first-order valence-electron chi connectivity index (χ1n) is 14.2. The minimum atomic E-state index is -0.785. The van der Waals surface area contributed by atoms with Crippen molar-refractivity contribution in [1.82, 2.24) is 20.5 Å². The van der Waals surface area contributed by atoms with E-state index in [0.717, 1.165) is 49.4 Å². The smallest absolute Gasteiger partial charge is 0.303 e. The number of carbonyl (C=O) groups excluding carboxylic acids is 1. The van der Waals surface area contributed by atoms with E-state index in [4.69, 9.17) is 9.84 Å². The molecule has 5 rings (SSSR count). The molecular weight excluding hydrogens is 468 g/mol. The highest BCUT2D eigenvalue weighted by Gasteiger charge is 2.51. The van der Waals surface area contributed by atoms with E-state index >= 15 is 0 Å². The van der Waals surface area contributed by atoms with E-state index in [1.807, 2.05) is 18.2 Å². The Balaban J connectivity index is 1.17. The highest BCUT2D eigenvalue weighted by molar-refractivity contribution is 5.90. The number of rotatable bonds is 12. The molecule has 3 heterocycles. The monoisotopic (exact) mass is 508 g/mol. The molecule has 3 fully saturated rings. The fraction of sp³-hybridized carbons (Fsp3) is 0.655. The Bertz CT molecular complexity index is 1060. The SMILES string of the molecule is O=C(O)CCc1ccccc1C[C@@H]1[C@H](c2nc(C(=O)NCCCCC3CCCCC3)n[nH]2)[C@H]2CC[C@@H]1O2. The number of amides is 1. The third kappa shape index (κ3) is 6.40. The largest absolute Gasteiger partial charge is 0.481 e. The van der Waals surface area contributed by atoms with Gasteiger partial charge in [0.1, 0.15) is 5.82 Å². The van der Waals surface area contributed by atoms with Gasteiger partial charge in [-0.25, -0.2) is 4.98 Å². The zero-order valence-corrected chi connectivity index (χ0v) is 21.7. The third-order valence-corrected chi connectivity index (χ3v) is 8.68. The number of hydrogen-bond donors (Lipinski definition) is 3. The van der Waals surface area contributed by atoms with Gasteiger partial charge in [0.15, 0.2) is 0 Å². The lowest BCUT2D eigenvalue weighted by Gasteiger charge is -2.27. The molecule has 8 heteroatoms. The second kappa shape index (κ2) is 12.2. The van der Waals surface area contributed by atoms with E-state index in [9.17, 15) is 9.59 Å². The van der Waals surface area contributed by atoms with Crippen molar-refractivity contribution in [3.8, 4) is 0 Å². The number of fused-ring (bicyclic) bond motifs is 2. The predicted molar refractivity (Wildman–Crippen MR) is 139 cm³/mol. The number of benzene rings is 1. The fourth-order valence-corrected chi connectivity index (χ4v) is 6.75. The van der Waals surface area contributed by atoms with Crippen LogP contribution < -0.4 is 5.32 Å². The van der Waals surface area contributed by atoms with Gasteiger partial charge in [-0.15, -0.1) is 5.10 Å². The van der Waals surface area contributed by atoms with Gasteiger partial charge in [-0.2, -0.15) is 0 Å². The summed E-state index contributed by atoms with van der Waals surface area (Å²) >= 11 is 0. The molecule has 1 amide bonds. The van der Waals surface area contributed by atoms with E-state index in [1.165, 1.54) is 44.1 Å². The number of aryl methyl sites for hydroxylation is 1. The van der Waals surface area contributed by atoms with Gasteiger partial charge in [-0.3, -0.25) is 14.7 Å². The predicted octanol–water partition coefficient (Wildman–Crippen LogP) is 4.81. The van der Waals surface area contributed by atoms with Crippen LogP contribution in [0.15, 0.2) is 24.3 Å². The van der Waals surface area contributed by atoms with Gasteiger partial charge in [0.05, 0.1) is 18.1 Å². The summed E-state index contributed by atoms with van der Waals surface area (Å²) in [5, 5.41) is 19.4. The Morgan fingerprint density at radius 3 is 2.62 bits per heavy atom. The number of carbonyl (C=O) groups is 2. The van der Waals surface area contributed by atoms with Crippen LogP contribution in [0.3, 0.4) is 0 Å². The number of unbranched alkanes of at least 4 members (excludes halogenated alkanes) is 1. The summed E-state index contributed by atoms with van der Waals surface area (Å²) in [4.78, 5) is 28.4. The van der Waals surface area contributed by atoms with Gasteiger partial charge in [0.25, 0.3) is 5.91 Å². The van der Waals surface area contributed by atoms with Crippen molar-refractivity contribution in [3.63, 3.8) is 0 Å². The molecule has 2 aromatic rings. The first-order chi connectivity index (χ1) is 18.1. The van der Waals surface area contributed by atoms with Crippen LogP contribution in [0.4, 0.5) is 0 Å². The lowest BCUT2D eigenvalue weighted by molar-refractivity contribution is -0.136. The Labute approximate surface area is 219 Å². The van der Waals surface area contributed by atoms with Crippen molar-refractivity contribution in [2.24, 2.45) is 11.8 Å². The molecule has 1 aromatic carbocycles. The Kier molecular flexibility index (Phi) is 8.54. The van der Waals surface area contributed by atoms with Gasteiger partial charge < -0.3 is 15.2 Å². The summed E-state index contributed by atoms with van der Waals surface area (Å²) in [5.74, 6) is 1.06. The quantitative estimate of drug-likeness (QED) is 0.354. The molecule has 4 atom stereocenters. The van der Waals surface area contributed by atoms with Crippen molar-refractivity contribution in [2.45, 2.75) is 102 Å². The highest BCUT2D eigenvalue weighted by Crippen LogP contribution is 2.49. The fourth-order valence-electron chi connectivity index (χ4n) is 6.75. The zero-order chi connectivity index (χ0) is 25.6. The number of carboxylic acid groups (broad SMARTS) is 1. The van der Waals surface area contributed by atoms with Crippen LogP contribution >= 0.6 is 0 Å². The molecule has 3 N–H and O–H groups in total. The maximum Gasteiger partial charge on any atom is 0.303 e. The minimum Gasteiger partial charge on any atom is -0.481 e. The van der Waals surface area contributed by atoms with E-state index < -0.39 is 5.97 Å². The first-order valence-corrected chi connectivity index (χ1v) is 14.2. The average molecular weight is 509 g/mol. The molecule has 1 aliphatic carbocycles. The molecule has 0 spiro atoms. The summed E-state index contributed by atoms with van der Waals surface area (Å²) in [6.07, 6.45) is 13.9. The lowest BCUT2D eigenvalue weighted by atomic mass is 9.75. The van der Waals surface area contributed by atoms with Crippen molar-refractivity contribution < 1.29 is 19.4 Å². The summed E-state index contributed by atoms with van der Waals surface area (Å²) in [7, 11) is 0. The van der Waals surface area contributed by atoms with Gasteiger partial charge in [-0.1, -0.05) is 69.2 Å². The molecule has 8 nitrogen and oxygen atoms in total. The van der Waals surface area contributed by atoms with Crippen LogP contribution in [0.2, 0.25) is 0 Å². The van der Waals surface area contributed by atoms with Gasteiger partial charge >= 0.3 is 5.97 Å². The average Bonchev–Trinajstić information content (AvgIpc) is 3.65. The van der Waals surface area contributed by atoms with Crippen molar-refractivity contribution in [1.29, 1.82) is 0 Å². The Morgan fingerprint density at radius 1 is 1.03 bits per heavy atom. The molecule has 0 radical (unpaired) electrons. The van der Waals surface area contributed by atoms with Gasteiger partial charge in [-0.05, 0) is 49.1 Å². The molecule has 1 saturated carbocycles. The zero-order valence-electron chi connectivity index (χ0n) is 21.7. The normalized spacial score (nSPS) is 25.4. The van der Waals surface area contributed by atoms with E-state index in [0.29, 0.717) is 13.0 Å². The second-order valence-corrected chi connectivity index (χ2v) is 11.1. The van der Waals surface area contributed by atoms with Crippen LogP contribution in [0.5, 0.6) is 0 Å². The van der Waals surface area contributed by atoms with Crippen molar-refractivity contribution in [3.05, 3.63) is 47.0 Å². The minimum absolute atomic E-state index is 0.0517. The molecule has 0 unspecified atom stereocenters. The van der Waals surface area contributed by atoms with Crippen LogP contribution in [0, 0.1) is 11.8 Å². The van der Waals surface area contributed by atoms with E-state index in [1.54, 1.807) is 0 Å². The van der Waals surface area contributed by atoms with Crippen LogP contribution in [-0.2, 0) is 22.4 Å². The third-order valence-electron chi connectivity index (χ3n) is 8.68. The molecule has 200 valence electrons. The summed E-state index contributed by atoms with van der Waals surface area (Å²) < 4.78 is 6.29. The molecule has 2 saturated heterocycles. The lowest BCUT2D eigenvalue weighted by Crippen LogP contribution is -2.29. The standard InChI is InChI=1S/C29H40N4O4/c34-25(35)16-13-20-11-4-5-12-21(20)18-22-23-14-15-24(37-23)26(22)27-31-28(33-32-27)29(36)30-17-7-6-10-19-8-2-1-3-9-19/h4-5,11-12,19,22-24,26H,1-3,6-10,13-18H2,(H,30,36)(H,34,35)(H,31,32,33)/t22-,23-,24+,26-/m0/s1. The maximum absolute atomic E-state index is 12.7. The number of ether oxygens (including phenoxy) is 1. The Morgan fingerprint density at radius 2 is 1.81 bits per heavy atom. The Hall–Kier alpha value is -2.74. The summed E-state index contributed by atoms with van der Waals surface area (Å²) in [6.45, 7) is 0.655. The molecule has 3 aliphatic rings. The van der Waals surface area contributed by atoms with E-state index in [2.05, 4.69) is 26.6 Å². The topological polar surface area (TPSA) is 117 Å².